The van der Waals surface area contributed by atoms with Crippen molar-refractivity contribution in [3.8, 4) is 0 Å². The van der Waals surface area contributed by atoms with Crippen molar-refractivity contribution in [2.24, 2.45) is 0 Å². The molecule has 0 radical (unpaired) electrons. The van der Waals surface area contributed by atoms with E-state index in [1.807, 2.05) is 0 Å². The molecule has 7 nitrogen and oxygen atoms in total. The van der Waals surface area contributed by atoms with Crippen LogP contribution in [0.5, 0.6) is 0 Å². The summed E-state index contributed by atoms with van der Waals surface area (Å²) in [4.78, 5) is 26.7. The van der Waals surface area contributed by atoms with E-state index >= 15 is 0 Å². The molecule has 2 aromatic carbocycles. The zero-order valence-electron chi connectivity index (χ0n) is 16.8. The second kappa shape index (κ2) is 10.1. The molecule has 0 saturated carbocycles. The van der Waals surface area contributed by atoms with Gasteiger partial charge >= 0.3 is 0 Å². The van der Waals surface area contributed by atoms with E-state index in [1.165, 1.54) is 11.9 Å². The molecule has 0 aliphatic carbocycles. The van der Waals surface area contributed by atoms with Crippen molar-refractivity contribution in [2.75, 3.05) is 24.2 Å². The van der Waals surface area contributed by atoms with Gasteiger partial charge in [-0.1, -0.05) is 47.5 Å². The SMILES string of the molecule is CNC(=O)C(C)N(Cc1ccc(Cl)c(Cl)c1)C(=O)CN(c1ccccc1)S(C)(=O)=O. The Morgan fingerprint density at radius 3 is 2.23 bits per heavy atom. The molecule has 1 N–H and O–H groups in total. The maximum Gasteiger partial charge on any atom is 0.244 e. The van der Waals surface area contributed by atoms with Crippen molar-refractivity contribution < 1.29 is 18.0 Å². The summed E-state index contributed by atoms with van der Waals surface area (Å²) in [6.07, 6.45) is 1.03. The molecule has 0 spiro atoms. The van der Waals surface area contributed by atoms with Gasteiger partial charge in [-0.15, -0.1) is 0 Å². The molecule has 0 saturated heterocycles. The second-order valence-electron chi connectivity index (χ2n) is 6.67. The number of rotatable bonds is 8. The van der Waals surface area contributed by atoms with Gasteiger partial charge in [0, 0.05) is 13.6 Å². The van der Waals surface area contributed by atoms with E-state index in [4.69, 9.17) is 23.2 Å². The molecule has 0 aliphatic heterocycles. The van der Waals surface area contributed by atoms with Crippen molar-refractivity contribution in [1.29, 1.82) is 0 Å². The van der Waals surface area contributed by atoms with Gasteiger partial charge in [0.05, 0.1) is 22.0 Å². The van der Waals surface area contributed by atoms with E-state index in [9.17, 15) is 18.0 Å². The molecule has 2 aromatic rings. The predicted molar refractivity (Wildman–Crippen MR) is 119 cm³/mol. The van der Waals surface area contributed by atoms with Crippen LogP contribution >= 0.6 is 23.2 Å². The smallest absolute Gasteiger partial charge is 0.244 e. The Morgan fingerprint density at radius 2 is 1.70 bits per heavy atom. The monoisotopic (exact) mass is 471 g/mol. The van der Waals surface area contributed by atoms with Gasteiger partial charge < -0.3 is 10.2 Å². The quantitative estimate of drug-likeness (QED) is 0.640. The Balaban J connectivity index is 2.37. The number of hydrogen-bond donors (Lipinski definition) is 1. The molecule has 0 bridgehead atoms. The van der Waals surface area contributed by atoms with Crippen LogP contribution in [0.1, 0.15) is 12.5 Å². The molecule has 0 aliphatic rings. The van der Waals surface area contributed by atoms with Crippen molar-refractivity contribution in [3.05, 3.63) is 64.1 Å². The Morgan fingerprint density at radius 1 is 1.07 bits per heavy atom. The topological polar surface area (TPSA) is 86.8 Å². The van der Waals surface area contributed by atoms with Crippen LogP contribution in [-0.2, 0) is 26.2 Å². The van der Waals surface area contributed by atoms with Crippen LogP contribution in [0.2, 0.25) is 10.0 Å². The molecule has 0 fully saturated rings. The number of amides is 2. The lowest BCUT2D eigenvalue weighted by Crippen LogP contribution is -2.50. The van der Waals surface area contributed by atoms with E-state index < -0.39 is 28.5 Å². The number of anilines is 1. The van der Waals surface area contributed by atoms with Crippen LogP contribution in [0.15, 0.2) is 48.5 Å². The highest BCUT2D eigenvalue weighted by Gasteiger charge is 2.29. The number of hydrogen-bond acceptors (Lipinski definition) is 4. The lowest BCUT2D eigenvalue weighted by molar-refractivity contribution is -0.139. The zero-order valence-corrected chi connectivity index (χ0v) is 19.1. The van der Waals surface area contributed by atoms with Crippen molar-refractivity contribution in [3.63, 3.8) is 0 Å². The molecule has 1 unspecified atom stereocenters. The highest BCUT2D eigenvalue weighted by atomic mass is 35.5. The first-order chi connectivity index (χ1) is 14.0. The molecule has 2 amide bonds. The van der Waals surface area contributed by atoms with Crippen LogP contribution in [0.3, 0.4) is 0 Å². The molecule has 162 valence electrons. The van der Waals surface area contributed by atoms with Gasteiger partial charge in [0.15, 0.2) is 0 Å². The van der Waals surface area contributed by atoms with Gasteiger partial charge in [-0.2, -0.15) is 0 Å². The number of benzene rings is 2. The fourth-order valence-electron chi connectivity index (χ4n) is 2.83. The van der Waals surface area contributed by atoms with Gasteiger partial charge in [0.1, 0.15) is 12.6 Å². The molecular formula is C20H23Cl2N3O4S. The molecule has 30 heavy (non-hydrogen) atoms. The third-order valence-electron chi connectivity index (χ3n) is 4.47. The van der Waals surface area contributed by atoms with Gasteiger partial charge in [0.2, 0.25) is 21.8 Å². The largest absolute Gasteiger partial charge is 0.357 e. The van der Waals surface area contributed by atoms with Crippen molar-refractivity contribution >= 4 is 50.7 Å². The number of carbonyl (C=O) groups is 2. The summed E-state index contributed by atoms with van der Waals surface area (Å²) in [5, 5.41) is 3.19. The van der Waals surface area contributed by atoms with Crippen LogP contribution < -0.4 is 9.62 Å². The Kier molecular flexibility index (Phi) is 8.11. The van der Waals surface area contributed by atoms with E-state index in [0.29, 0.717) is 21.3 Å². The minimum atomic E-state index is -3.74. The molecular weight excluding hydrogens is 449 g/mol. The maximum absolute atomic E-state index is 13.2. The number of para-hydroxylation sites is 1. The Labute approximate surface area is 186 Å². The molecule has 0 heterocycles. The lowest BCUT2D eigenvalue weighted by atomic mass is 10.1. The lowest BCUT2D eigenvalue weighted by Gasteiger charge is -2.31. The van der Waals surface area contributed by atoms with Crippen LogP contribution in [0.4, 0.5) is 5.69 Å². The summed E-state index contributed by atoms with van der Waals surface area (Å²) in [5.74, 6) is -0.916. The normalized spacial score (nSPS) is 12.2. The number of likely N-dealkylation sites (N-methyl/N-ethyl adjacent to an activating group) is 1. The summed E-state index contributed by atoms with van der Waals surface area (Å²) in [6.45, 7) is 1.17. The van der Waals surface area contributed by atoms with Crippen molar-refractivity contribution in [1.82, 2.24) is 10.2 Å². The van der Waals surface area contributed by atoms with E-state index in [-0.39, 0.29) is 12.5 Å². The summed E-state index contributed by atoms with van der Waals surface area (Å²) >= 11 is 12.0. The highest BCUT2D eigenvalue weighted by molar-refractivity contribution is 7.92. The first kappa shape index (κ1) is 24.0. The first-order valence-corrected chi connectivity index (χ1v) is 11.6. The summed E-state index contributed by atoms with van der Waals surface area (Å²) in [6, 6.07) is 12.4. The van der Waals surface area contributed by atoms with E-state index in [2.05, 4.69) is 5.32 Å². The summed E-state index contributed by atoms with van der Waals surface area (Å²) in [7, 11) is -2.27. The summed E-state index contributed by atoms with van der Waals surface area (Å²) < 4.78 is 25.7. The zero-order chi connectivity index (χ0) is 22.5. The fourth-order valence-corrected chi connectivity index (χ4v) is 4.00. The average molecular weight is 472 g/mol. The Hall–Kier alpha value is -2.29. The number of halogens is 2. The van der Waals surface area contributed by atoms with Crippen molar-refractivity contribution in [2.45, 2.75) is 19.5 Å². The fraction of sp³-hybridized carbons (Fsp3) is 0.300. The van der Waals surface area contributed by atoms with Gasteiger partial charge in [-0.3, -0.25) is 13.9 Å². The highest BCUT2D eigenvalue weighted by Crippen LogP contribution is 2.24. The minimum Gasteiger partial charge on any atom is -0.357 e. The van der Waals surface area contributed by atoms with E-state index in [0.717, 1.165) is 10.6 Å². The van der Waals surface area contributed by atoms with Gasteiger partial charge in [-0.25, -0.2) is 8.42 Å². The Bertz CT molecular complexity index is 1020. The maximum atomic E-state index is 13.2. The third kappa shape index (κ3) is 6.10. The number of sulfonamides is 1. The van der Waals surface area contributed by atoms with Crippen LogP contribution in [0.25, 0.3) is 0 Å². The molecule has 1 atom stereocenters. The predicted octanol–water partition coefficient (Wildman–Crippen LogP) is 2.92. The second-order valence-corrected chi connectivity index (χ2v) is 9.39. The molecule has 10 heteroatoms. The number of nitrogens with one attached hydrogen (secondary N) is 1. The number of carbonyl (C=O) groups excluding carboxylic acids is 2. The molecule has 2 rings (SSSR count). The van der Waals surface area contributed by atoms with E-state index in [1.54, 1.807) is 55.5 Å². The minimum absolute atomic E-state index is 0.0523. The third-order valence-corrected chi connectivity index (χ3v) is 6.35. The standard InChI is InChI=1S/C20H23Cl2N3O4S/c1-14(20(27)23-2)24(12-15-9-10-17(21)18(22)11-15)19(26)13-25(30(3,28)29)16-7-5-4-6-8-16/h4-11,14H,12-13H2,1-3H3,(H,23,27). The van der Waals surface area contributed by atoms with Gasteiger partial charge in [0.25, 0.3) is 0 Å². The average Bonchev–Trinajstić information content (AvgIpc) is 2.71. The van der Waals surface area contributed by atoms with Crippen LogP contribution in [-0.4, -0.2) is 51.0 Å². The first-order valence-electron chi connectivity index (χ1n) is 9.02. The van der Waals surface area contributed by atoms with Gasteiger partial charge in [-0.05, 0) is 36.8 Å². The number of nitrogens with zero attached hydrogens (tertiary/aromatic N) is 2. The summed E-state index contributed by atoms with van der Waals surface area (Å²) in [5.41, 5.74) is 1.01. The van der Waals surface area contributed by atoms with Crippen LogP contribution in [0, 0.1) is 0 Å². The molecule has 0 aromatic heterocycles.